The molecule has 2 aromatic heterocycles. The SMILES string of the molecule is C=CC(=O)N1CCOC2(CCN(C(=O)N(C)[C@H](C(=O)NC3S[C@@]34C[C@@]3(C=S)CN(CCO3)c3ccc5c(c3)c3c(n5CC)-c5cc(N6CCN(C)CC6)cnc5[C@@H](OC)C3C(C)(C)COC(=O)[C@@H]3CCCN(N3)C4=O)C(C)C)CC2)C1. The maximum absolute atomic E-state index is 15.5. The molecule has 6 bridgehead atoms. The summed E-state index contributed by atoms with van der Waals surface area (Å²) >= 11 is 7.29. The molecule has 6 saturated heterocycles. The van der Waals surface area contributed by atoms with Gasteiger partial charge in [-0.25, -0.2) is 10.2 Å². The van der Waals surface area contributed by atoms with E-state index in [1.807, 2.05) is 20.0 Å². The largest absolute Gasteiger partial charge is 0.464 e. The van der Waals surface area contributed by atoms with Crippen molar-refractivity contribution in [2.24, 2.45) is 11.3 Å². The molecule has 22 heteroatoms. The Morgan fingerprint density at radius 2 is 1.74 bits per heavy atom. The number of carbonyl (C=O) groups is 5. The number of ether oxygens (including phenoxy) is 4. The summed E-state index contributed by atoms with van der Waals surface area (Å²) < 4.78 is 27.2. The number of likely N-dealkylation sites (tertiary alicyclic amines) is 1. The number of nitrogens with zero attached hydrogens (tertiary/aromatic N) is 9. The quantitative estimate of drug-likeness (QED) is 0.123. The molecule has 0 radical (unpaired) electrons. The fourth-order valence-electron chi connectivity index (χ4n) is 14.2. The van der Waals surface area contributed by atoms with Gasteiger partial charge in [0.05, 0.1) is 67.2 Å². The first-order valence-electron chi connectivity index (χ1n) is 29.1. The number of hydrazine groups is 1. The van der Waals surface area contributed by atoms with Crippen LogP contribution in [-0.4, -0.2) is 216 Å². The van der Waals surface area contributed by atoms with E-state index in [1.54, 1.807) is 29.3 Å². The number of benzene rings is 1. The number of likely N-dealkylation sites (N-methyl/N-ethyl adjacent to an activating group) is 2. The minimum Gasteiger partial charge on any atom is -0.464 e. The number of piperidine rings is 1. The van der Waals surface area contributed by atoms with Crippen LogP contribution in [0.15, 0.2) is 43.1 Å². The van der Waals surface area contributed by atoms with Crippen LogP contribution in [0.1, 0.15) is 90.0 Å². The third kappa shape index (κ3) is 10.4. The summed E-state index contributed by atoms with van der Waals surface area (Å²) in [4.78, 5) is 89.0. The average Bonchev–Trinajstić information content (AvgIpc) is 2.50. The molecule has 7 atom stereocenters. The van der Waals surface area contributed by atoms with Crippen molar-refractivity contribution in [1.29, 1.82) is 0 Å². The van der Waals surface area contributed by atoms with Crippen LogP contribution in [-0.2, 0) is 44.7 Å². The Kier molecular flexibility index (Phi) is 15.8. The number of anilines is 2. The van der Waals surface area contributed by atoms with E-state index in [1.165, 1.54) is 27.7 Å². The molecule has 1 aromatic carbocycles. The van der Waals surface area contributed by atoms with Crippen LogP contribution in [0.4, 0.5) is 16.2 Å². The fraction of sp³-hybridized carbons (Fsp3) is 0.644. The van der Waals surface area contributed by atoms with Gasteiger partial charge in [-0.05, 0) is 81.5 Å². The molecule has 1 aliphatic carbocycles. The zero-order valence-corrected chi connectivity index (χ0v) is 50.0. The van der Waals surface area contributed by atoms with Gasteiger partial charge in [-0.3, -0.25) is 29.2 Å². The molecular formula is C59H81N11O9S2. The number of aromatic nitrogens is 2. The van der Waals surface area contributed by atoms with Crippen molar-refractivity contribution < 1.29 is 42.9 Å². The molecule has 2 N–H and O–H groups in total. The van der Waals surface area contributed by atoms with E-state index >= 15 is 4.79 Å². The number of cyclic esters (lactones) is 1. The first kappa shape index (κ1) is 57.5. The molecule has 81 heavy (non-hydrogen) atoms. The van der Waals surface area contributed by atoms with E-state index in [2.05, 4.69) is 88.7 Å². The number of hydrogen-bond donors (Lipinski definition) is 2. The molecular weight excluding hydrogens is 1070 g/mol. The maximum atomic E-state index is 15.5. The van der Waals surface area contributed by atoms with Gasteiger partial charge in [-0.1, -0.05) is 46.5 Å². The molecule has 438 valence electrons. The van der Waals surface area contributed by atoms with Crippen LogP contribution in [0, 0.1) is 11.3 Å². The summed E-state index contributed by atoms with van der Waals surface area (Å²) in [5.41, 5.74) is 8.16. The van der Waals surface area contributed by atoms with Crippen LogP contribution in [0.3, 0.4) is 0 Å². The van der Waals surface area contributed by atoms with Gasteiger partial charge in [-0.2, -0.15) is 0 Å². The fourth-order valence-corrected chi connectivity index (χ4v) is 15.7. The Bertz CT molecular complexity index is 2980. The van der Waals surface area contributed by atoms with Crippen molar-refractivity contribution in [3.05, 3.63) is 54.4 Å². The highest BCUT2D eigenvalue weighted by Crippen LogP contribution is 2.60. The predicted octanol–water partition coefficient (Wildman–Crippen LogP) is 5.19. The summed E-state index contributed by atoms with van der Waals surface area (Å²) in [5, 5.41) is 6.76. The number of pyridine rings is 1. The minimum absolute atomic E-state index is 0.0710. The highest BCUT2D eigenvalue weighted by Gasteiger charge is 2.67. The normalized spacial score (nSPS) is 28.8. The number of amides is 5. The molecule has 6 fully saturated rings. The lowest BCUT2D eigenvalue weighted by Crippen LogP contribution is -2.63. The van der Waals surface area contributed by atoms with Crippen LogP contribution >= 0.6 is 24.0 Å². The number of methoxy groups -OCH3 is 1. The zero-order valence-electron chi connectivity index (χ0n) is 48.4. The van der Waals surface area contributed by atoms with E-state index in [0.717, 1.165) is 71.0 Å². The predicted molar refractivity (Wildman–Crippen MR) is 315 cm³/mol. The van der Waals surface area contributed by atoms with Crippen molar-refractivity contribution in [3.8, 4) is 11.3 Å². The molecule has 11 rings (SSSR count). The van der Waals surface area contributed by atoms with Crippen LogP contribution in [0.2, 0.25) is 0 Å². The highest BCUT2D eigenvalue weighted by atomic mass is 32.2. The average molecular weight is 1150 g/mol. The van der Waals surface area contributed by atoms with Gasteiger partial charge >= 0.3 is 12.0 Å². The highest BCUT2D eigenvalue weighted by molar-refractivity contribution is 8.09. The number of nitrogens with one attached hydrogen (secondary N) is 2. The standard InChI is InChI=1S/C59H81N11O9S2/c1-10-44(71)68-26-28-78-57(33-68)16-19-66(20-17-57)55(75)64(8)48(37(3)4)51(72)61-53-59(81-53)32-58(36-80)34-67(25-27-79-58)38-14-15-43-40(29-38)45-46(56(5,6)35-77-52(73)42-13-12-18-70(62-42)54(59)74)50(76-9)47-41(49(45)69(43)11-2)30-39(31-60-47)65-23-21-63(7)22-24-65/h10,14-15,29-31,36-37,42,46,48,50,53,62H,1,11-13,16-28,32-35H2,2-9H3,(H,61,72)/t42-,46?,48-,50-,53?,58-,59-/m0/s1. The Morgan fingerprint density at radius 3 is 2.44 bits per heavy atom. The Morgan fingerprint density at radius 1 is 0.988 bits per heavy atom. The smallest absolute Gasteiger partial charge is 0.324 e. The van der Waals surface area contributed by atoms with Crippen LogP contribution in [0.25, 0.3) is 22.2 Å². The summed E-state index contributed by atoms with van der Waals surface area (Å²) in [6.07, 6.45) is 5.04. The van der Waals surface area contributed by atoms with E-state index in [9.17, 15) is 19.2 Å². The lowest BCUT2D eigenvalue weighted by atomic mass is 9.67. The van der Waals surface area contributed by atoms with E-state index < -0.39 is 50.9 Å². The molecule has 2 unspecified atom stereocenters. The molecule has 8 aliphatic rings. The third-order valence-corrected chi connectivity index (χ3v) is 20.6. The summed E-state index contributed by atoms with van der Waals surface area (Å²) in [7, 11) is 5.56. The minimum atomic E-state index is -1.26. The van der Waals surface area contributed by atoms with E-state index in [0.29, 0.717) is 91.3 Å². The number of rotatable bonds is 9. The number of esters is 1. The number of thioether (sulfide) groups is 1. The van der Waals surface area contributed by atoms with Crippen LogP contribution in [0.5, 0.6) is 0 Å². The number of fused-ring (bicyclic) bond motifs is 8. The molecule has 0 saturated carbocycles. The van der Waals surface area contributed by atoms with Crippen LogP contribution < -0.4 is 20.5 Å². The molecule has 9 heterocycles. The molecule has 2 spiro atoms. The van der Waals surface area contributed by atoms with Gasteiger partial charge in [-0.15, -0.1) is 11.8 Å². The number of hydrogen-bond acceptors (Lipinski definition) is 16. The summed E-state index contributed by atoms with van der Waals surface area (Å²) in [6, 6.07) is 6.96. The second kappa shape index (κ2) is 22.3. The maximum Gasteiger partial charge on any atom is 0.324 e. The molecule has 5 amide bonds. The molecule has 7 aliphatic heterocycles. The number of thiocarbonyl (C=S) groups is 1. The summed E-state index contributed by atoms with van der Waals surface area (Å²) in [6.45, 7) is 22.1. The van der Waals surface area contributed by atoms with Crippen molar-refractivity contribution >= 4 is 81.3 Å². The Hall–Kier alpha value is -5.36. The third-order valence-electron chi connectivity index (χ3n) is 18.7. The lowest BCUT2D eigenvalue weighted by molar-refractivity contribution is -0.156. The van der Waals surface area contributed by atoms with Gasteiger partial charge in [0.25, 0.3) is 5.91 Å². The van der Waals surface area contributed by atoms with E-state index in [-0.39, 0.29) is 48.6 Å². The van der Waals surface area contributed by atoms with E-state index in [4.69, 9.17) is 36.1 Å². The summed E-state index contributed by atoms with van der Waals surface area (Å²) in [5.74, 6) is -1.87. The topological polar surface area (TPSA) is 187 Å². The Labute approximate surface area is 485 Å². The number of aryl methyl sites for hydroxylation is 1. The van der Waals surface area contributed by atoms with Gasteiger partial charge in [0.15, 0.2) is 0 Å². The Balaban J connectivity index is 0.914. The number of morpholine rings is 2. The first-order valence-corrected chi connectivity index (χ1v) is 30.4. The molecule has 20 nitrogen and oxygen atoms in total. The monoisotopic (exact) mass is 1150 g/mol. The zero-order chi connectivity index (χ0) is 57.3. The second-order valence-electron chi connectivity index (χ2n) is 24.7. The molecule has 3 aromatic rings. The second-order valence-corrected chi connectivity index (χ2v) is 26.4. The number of carbonyl (C=O) groups excluding carboxylic acids is 5. The van der Waals surface area contributed by atoms with Gasteiger partial charge in [0.1, 0.15) is 28.5 Å². The van der Waals surface area contributed by atoms with Crippen molar-refractivity contribution in [1.82, 2.24) is 44.9 Å². The lowest BCUT2D eigenvalue weighted by Gasteiger charge is -2.47. The number of piperazine rings is 1. The number of urea groups is 1. The van der Waals surface area contributed by atoms with Crippen molar-refractivity contribution in [2.75, 3.05) is 123 Å². The van der Waals surface area contributed by atoms with Crippen molar-refractivity contribution in [3.63, 3.8) is 0 Å². The van der Waals surface area contributed by atoms with Gasteiger partial charge in [0.2, 0.25) is 11.8 Å². The van der Waals surface area contributed by atoms with Crippen molar-refractivity contribution in [2.45, 2.75) is 119 Å². The van der Waals surface area contributed by atoms with Gasteiger partial charge < -0.3 is 58.2 Å². The van der Waals surface area contributed by atoms with Gasteiger partial charge in [0, 0.05) is 125 Å². The first-order chi connectivity index (χ1) is 38.8.